The number of allylic oxidation sites excluding steroid dienone is 6. The Balaban J connectivity index is 2.19. The van der Waals surface area contributed by atoms with Gasteiger partial charge >= 0.3 is 5.97 Å². The Hall–Kier alpha value is -1.35. The maximum Gasteiger partial charge on any atom is 0.306 e. The second kappa shape index (κ2) is 13.9. The van der Waals surface area contributed by atoms with Gasteiger partial charge in [-0.2, -0.15) is 0 Å². The van der Waals surface area contributed by atoms with Gasteiger partial charge in [-0.3, -0.25) is 4.79 Å². The summed E-state index contributed by atoms with van der Waals surface area (Å²) in [5.74, 6) is 0.370. The first kappa shape index (κ1) is 27.7. The quantitative estimate of drug-likeness (QED) is 0.259. The van der Waals surface area contributed by atoms with E-state index in [9.17, 15) is 9.90 Å². The molecule has 0 saturated heterocycles. The van der Waals surface area contributed by atoms with Crippen LogP contribution in [0.3, 0.4) is 0 Å². The molecule has 1 rings (SSSR count). The van der Waals surface area contributed by atoms with E-state index in [-0.39, 0.29) is 5.92 Å². The van der Waals surface area contributed by atoms with Crippen LogP contribution >= 0.6 is 0 Å². The van der Waals surface area contributed by atoms with Gasteiger partial charge in [-0.25, -0.2) is 0 Å². The lowest BCUT2D eigenvalue weighted by atomic mass is 9.84. The number of hydrogen-bond donors (Lipinski definition) is 2. The van der Waals surface area contributed by atoms with Crippen LogP contribution < -0.4 is 0 Å². The minimum atomic E-state index is -0.692. The van der Waals surface area contributed by atoms with Gasteiger partial charge in [-0.05, 0) is 90.4 Å². The van der Waals surface area contributed by atoms with Gasteiger partial charge in [0.25, 0.3) is 0 Å². The zero-order chi connectivity index (χ0) is 23.4. The molecule has 3 heteroatoms. The molecule has 0 aromatic carbocycles. The van der Waals surface area contributed by atoms with E-state index in [1.54, 1.807) is 6.92 Å². The van der Waals surface area contributed by atoms with Crippen molar-refractivity contribution in [1.29, 1.82) is 0 Å². The van der Waals surface area contributed by atoms with Crippen LogP contribution in [0.2, 0.25) is 0 Å². The van der Waals surface area contributed by atoms with Gasteiger partial charge in [0, 0.05) is 0 Å². The lowest BCUT2D eigenvalue weighted by Crippen LogP contribution is -2.24. The van der Waals surface area contributed by atoms with E-state index < -0.39 is 11.6 Å². The number of carbonyl (C=O) groups is 1. The normalized spacial score (nSPS) is 21.1. The van der Waals surface area contributed by atoms with Gasteiger partial charge in [-0.1, -0.05) is 68.6 Å². The fourth-order valence-corrected chi connectivity index (χ4v) is 4.28. The molecule has 0 spiro atoms. The predicted molar refractivity (Wildman–Crippen MR) is 132 cm³/mol. The zero-order valence-electron chi connectivity index (χ0n) is 21.0. The first-order valence-corrected chi connectivity index (χ1v) is 12.5. The van der Waals surface area contributed by atoms with Crippen LogP contribution in [-0.2, 0) is 4.79 Å². The number of carboxylic acid groups (broad SMARTS) is 1. The van der Waals surface area contributed by atoms with Crippen molar-refractivity contribution < 1.29 is 15.0 Å². The molecule has 0 aliphatic heterocycles. The van der Waals surface area contributed by atoms with E-state index in [1.165, 1.54) is 29.6 Å². The molecule has 4 unspecified atom stereocenters. The Kier molecular flexibility index (Phi) is 12.4. The Morgan fingerprint density at radius 3 is 2.55 bits per heavy atom. The summed E-state index contributed by atoms with van der Waals surface area (Å²) in [7, 11) is 0. The molecule has 178 valence electrons. The van der Waals surface area contributed by atoms with Crippen LogP contribution in [0.5, 0.6) is 0 Å². The van der Waals surface area contributed by atoms with Crippen LogP contribution in [0.1, 0.15) is 112 Å². The Morgan fingerprint density at radius 2 is 1.90 bits per heavy atom. The highest BCUT2D eigenvalue weighted by Gasteiger charge is 2.21. The summed E-state index contributed by atoms with van der Waals surface area (Å²) in [6.07, 6.45) is 17.9. The first-order chi connectivity index (χ1) is 14.5. The van der Waals surface area contributed by atoms with Crippen LogP contribution in [0.15, 0.2) is 34.9 Å². The summed E-state index contributed by atoms with van der Waals surface area (Å²) < 4.78 is 0. The molecule has 0 radical (unpaired) electrons. The van der Waals surface area contributed by atoms with Crippen LogP contribution in [0.25, 0.3) is 0 Å². The van der Waals surface area contributed by atoms with Crippen molar-refractivity contribution in [3.8, 4) is 0 Å². The molecule has 0 bridgehead atoms. The van der Waals surface area contributed by atoms with E-state index in [4.69, 9.17) is 5.11 Å². The maximum absolute atomic E-state index is 10.9. The minimum absolute atomic E-state index is 0.242. The molecular formula is C28H48O3. The molecule has 1 aliphatic rings. The van der Waals surface area contributed by atoms with E-state index >= 15 is 0 Å². The van der Waals surface area contributed by atoms with Crippen molar-refractivity contribution in [2.75, 3.05) is 0 Å². The Bertz CT molecular complexity index is 639. The molecule has 0 amide bonds. The van der Waals surface area contributed by atoms with E-state index in [2.05, 4.69) is 45.9 Å². The molecule has 0 fully saturated rings. The zero-order valence-corrected chi connectivity index (χ0v) is 21.0. The summed E-state index contributed by atoms with van der Waals surface area (Å²) in [5.41, 5.74) is 3.75. The average molecular weight is 433 g/mol. The molecule has 0 heterocycles. The van der Waals surface area contributed by atoms with Gasteiger partial charge in [0.2, 0.25) is 0 Å². The van der Waals surface area contributed by atoms with Crippen LogP contribution in [-0.4, -0.2) is 21.8 Å². The molecular weight excluding hydrogens is 384 g/mol. The first-order valence-electron chi connectivity index (χ1n) is 12.5. The van der Waals surface area contributed by atoms with Crippen molar-refractivity contribution in [2.45, 2.75) is 118 Å². The SMILES string of the molecule is CC(=CCCC(C)CCCC(C)(O)CCC1=CC=C(C)C(C)C1)CCCC(C)C(=O)O. The van der Waals surface area contributed by atoms with E-state index in [0.29, 0.717) is 11.8 Å². The fraction of sp³-hybridized carbons (Fsp3) is 0.750. The summed E-state index contributed by atoms with van der Waals surface area (Å²) in [5, 5.41) is 19.7. The molecule has 1 aliphatic carbocycles. The van der Waals surface area contributed by atoms with Crippen LogP contribution in [0.4, 0.5) is 0 Å². The lowest BCUT2D eigenvalue weighted by molar-refractivity contribution is -0.141. The number of hydrogen-bond acceptors (Lipinski definition) is 2. The number of aliphatic carboxylic acids is 1. The average Bonchev–Trinajstić information content (AvgIpc) is 2.68. The number of aliphatic hydroxyl groups is 1. The number of carboxylic acids is 1. The summed E-state index contributed by atoms with van der Waals surface area (Å²) in [4.78, 5) is 10.9. The van der Waals surface area contributed by atoms with Crippen LogP contribution in [0, 0.1) is 17.8 Å². The molecule has 4 atom stereocenters. The fourth-order valence-electron chi connectivity index (χ4n) is 4.28. The van der Waals surface area contributed by atoms with Crippen molar-refractivity contribution >= 4 is 5.97 Å². The third kappa shape index (κ3) is 12.3. The van der Waals surface area contributed by atoms with Crippen molar-refractivity contribution in [3.63, 3.8) is 0 Å². The summed E-state index contributed by atoms with van der Waals surface area (Å²) >= 11 is 0. The number of rotatable bonds is 15. The van der Waals surface area contributed by atoms with Gasteiger partial charge in [0.05, 0.1) is 11.5 Å². The molecule has 2 N–H and O–H groups in total. The summed E-state index contributed by atoms with van der Waals surface area (Å²) in [6.45, 7) is 12.8. The van der Waals surface area contributed by atoms with Crippen molar-refractivity contribution in [1.82, 2.24) is 0 Å². The highest BCUT2D eigenvalue weighted by Crippen LogP contribution is 2.30. The Labute approximate surface area is 191 Å². The molecule has 0 aromatic heterocycles. The summed E-state index contributed by atoms with van der Waals surface area (Å²) in [6, 6.07) is 0. The molecule has 3 nitrogen and oxygen atoms in total. The molecule has 0 aromatic rings. The van der Waals surface area contributed by atoms with Gasteiger partial charge in [0.15, 0.2) is 0 Å². The van der Waals surface area contributed by atoms with Crippen molar-refractivity contribution in [3.05, 3.63) is 34.9 Å². The standard InChI is InChI=1S/C28H48O3/c1-21(12-8-14-24(4)27(29)30)10-7-11-22(2)13-9-18-28(6,31)19-17-26-16-15-23(3)25(5)20-26/h10,15-16,22,24-25,31H,7-9,11-14,17-20H2,1-6H3,(H,29,30). The topological polar surface area (TPSA) is 57.5 Å². The van der Waals surface area contributed by atoms with Gasteiger partial charge in [-0.15, -0.1) is 0 Å². The third-order valence-electron chi connectivity index (χ3n) is 7.11. The minimum Gasteiger partial charge on any atom is -0.481 e. The molecule has 0 saturated carbocycles. The third-order valence-corrected chi connectivity index (χ3v) is 7.11. The van der Waals surface area contributed by atoms with Gasteiger partial charge in [0.1, 0.15) is 0 Å². The lowest BCUT2D eigenvalue weighted by Gasteiger charge is -2.26. The second-order valence-corrected chi connectivity index (χ2v) is 10.6. The second-order valence-electron chi connectivity index (χ2n) is 10.6. The van der Waals surface area contributed by atoms with E-state index in [1.807, 2.05) is 6.92 Å². The van der Waals surface area contributed by atoms with Gasteiger partial charge < -0.3 is 10.2 Å². The highest BCUT2D eigenvalue weighted by atomic mass is 16.4. The Morgan fingerprint density at radius 1 is 1.19 bits per heavy atom. The maximum atomic E-state index is 10.9. The molecule has 31 heavy (non-hydrogen) atoms. The predicted octanol–water partition coefficient (Wildman–Crippen LogP) is 7.85. The van der Waals surface area contributed by atoms with E-state index in [0.717, 1.165) is 57.8 Å². The monoisotopic (exact) mass is 432 g/mol. The smallest absolute Gasteiger partial charge is 0.306 e. The largest absolute Gasteiger partial charge is 0.481 e. The highest BCUT2D eigenvalue weighted by molar-refractivity contribution is 5.69. The van der Waals surface area contributed by atoms with Crippen molar-refractivity contribution in [2.24, 2.45) is 17.8 Å².